The van der Waals surface area contributed by atoms with E-state index >= 15 is 0 Å². The number of alkyl halides is 2. The lowest BCUT2D eigenvalue weighted by molar-refractivity contribution is -0.124. The minimum atomic E-state index is -3.52. The second-order valence-electron chi connectivity index (χ2n) is 4.44. The molecule has 3 aromatic heterocycles. The predicted molar refractivity (Wildman–Crippen MR) is 73.1 cm³/mol. The van der Waals surface area contributed by atoms with E-state index in [1.807, 2.05) is 0 Å². The van der Waals surface area contributed by atoms with E-state index in [9.17, 15) is 13.9 Å². The normalized spacial score (nSPS) is 13.2. The molecule has 1 N–H and O–H groups in total. The number of aliphatic hydroxyl groups is 1. The summed E-state index contributed by atoms with van der Waals surface area (Å²) in [4.78, 5) is 7.83. The molecule has 1 unspecified atom stereocenters. The number of rotatable bonds is 5. The maximum atomic E-state index is 14.2. The fraction of sp³-hybridized carbons (Fsp3) is 0.250. The molecule has 0 aromatic carbocycles. The minimum absolute atomic E-state index is 0.435. The molecule has 114 valence electrons. The highest BCUT2D eigenvalue weighted by Gasteiger charge is 2.42. The van der Waals surface area contributed by atoms with Crippen molar-refractivity contribution in [2.45, 2.75) is 18.6 Å². The molecule has 0 aliphatic heterocycles. The van der Waals surface area contributed by atoms with Crippen molar-refractivity contribution in [2.24, 2.45) is 0 Å². The molecule has 0 saturated heterocycles. The molecular formula is C12H10F2N6OS. The smallest absolute Gasteiger partial charge is 0.316 e. The quantitative estimate of drug-likeness (QED) is 0.762. The van der Waals surface area contributed by atoms with E-state index in [0.717, 1.165) is 11.0 Å². The van der Waals surface area contributed by atoms with Crippen LogP contribution in [0.15, 0.2) is 36.2 Å². The van der Waals surface area contributed by atoms with Gasteiger partial charge in [0.1, 0.15) is 23.1 Å². The molecule has 7 nitrogen and oxygen atoms in total. The molecule has 0 spiro atoms. The van der Waals surface area contributed by atoms with Crippen LogP contribution in [0, 0.1) is 0 Å². The number of nitrogens with zero attached hydrogens (tertiary/aromatic N) is 6. The van der Waals surface area contributed by atoms with Crippen LogP contribution in [-0.2, 0) is 12.5 Å². The molecule has 3 rings (SSSR count). The predicted octanol–water partition coefficient (Wildman–Crippen LogP) is 1.34. The van der Waals surface area contributed by atoms with Crippen LogP contribution in [0.5, 0.6) is 0 Å². The van der Waals surface area contributed by atoms with Crippen LogP contribution in [0.1, 0.15) is 5.69 Å². The largest absolute Gasteiger partial charge is 0.384 e. The summed E-state index contributed by atoms with van der Waals surface area (Å²) in [6, 6.07) is 2.68. The molecule has 0 bridgehead atoms. The van der Waals surface area contributed by atoms with Gasteiger partial charge in [0.2, 0.25) is 0 Å². The second-order valence-corrected chi connectivity index (χ2v) is 5.33. The van der Waals surface area contributed by atoms with Gasteiger partial charge >= 0.3 is 5.92 Å². The van der Waals surface area contributed by atoms with Crippen LogP contribution < -0.4 is 0 Å². The fourth-order valence-electron chi connectivity index (χ4n) is 1.81. The third kappa shape index (κ3) is 2.83. The van der Waals surface area contributed by atoms with E-state index in [2.05, 4.69) is 25.5 Å². The van der Waals surface area contributed by atoms with Crippen LogP contribution in [0.25, 0.3) is 10.6 Å². The average Bonchev–Trinajstić information content (AvgIpc) is 3.20. The highest BCUT2D eigenvalue weighted by Crippen LogP contribution is 2.32. The Bertz CT molecular complexity index is 717. The Hall–Kier alpha value is -2.33. The van der Waals surface area contributed by atoms with E-state index in [0.29, 0.717) is 10.6 Å². The minimum Gasteiger partial charge on any atom is -0.384 e. The number of aromatic nitrogens is 6. The van der Waals surface area contributed by atoms with E-state index in [-0.39, 0.29) is 0 Å². The number of hydrogen-bond acceptors (Lipinski definition) is 7. The first kappa shape index (κ1) is 14.6. The Labute approximate surface area is 127 Å². The molecule has 0 fully saturated rings. The van der Waals surface area contributed by atoms with Gasteiger partial charge in [-0.1, -0.05) is 0 Å². The third-order valence-corrected chi connectivity index (χ3v) is 3.78. The Kier molecular flexibility index (Phi) is 3.86. The lowest BCUT2D eigenvalue weighted by Crippen LogP contribution is -2.35. The first-order valence-electron chi connectivity index (χ1n) is 6.20. The Morgan fingerprint density at radius 1 is 1.32 bits per heavy atom. The van der Waals surface area contributed by atoms with Crippen LogP contribution in [-0.4, -0.2) is 41.4 Å². The summed E-state index contributed by atoms with van der Waals surface area (Å²) in [5, 5.41) is 22.3. The molecule has 10 heteroatoms. The lowest BCUT2D eigenvalue weighted by atomic mass is 10.1. The van der Waals surface area contributed by atoms with Crippen molar-refractivity contribution in [3.63, 3.8) is 0 Å². The number of thiazole rings is 1. The highest BCUT2D eigenvalue weighted by atomic mass is 32.1. The van der Waals surface area contributed by atoms with Gasteiger partial charge in [0.05, 0.1) is 6.54 Å². The molecule has 0 radical (unpaired) electrons. The van der Waals surface area contributed by atoms with E-state index in [1.54, 1.807) is 11.6 Å². The molecule has 0 aliphatic carbocycles. The van der Waals surface area contributed by atoms with Crippen molar-refractivity contribution in [1.82, 2.24) is 30.2 Å². The molecule has 22 heavy (non-hydrogen) atoms. The van der Waals surface area contributed by atoms with Gasteiger partial charge < -0.3 is 5.11 Å². The van der Waals surface area contributed by atoms with Crippen molar-refractivity contribution in [3.8, 4) is 10.6 Å². The van der Waals surface area contributed by atoms with Crippen LogP contribution in [0.2, 0.25) is 0 Å². The summed E-state index contributed by atoms with van der Waals surface area (Å²) in [6.45, 7) is -0.435. The van der Waals surface area contributed by atoms with Gasteiger partial charge in [0.15, 0.2) is 0 Å². The second kappa shape index (κ2) is 5.81. The number of halogens is 2. The molecule has 1 atom stereocenters. The Morgan fingerprint density at radius 2 is 2.18 bits per heavy atom. The summed E-state index contributed by atoms with van der Waals surface area (Å²) in [6.07, 6.45) is 2.09. The average molecular weight is 324 g/mol. The zero-order valence-corrected chi connectivity index (χ0v) is 11.9. The summed E-state index contributed by atoms with van der Waals surface area (Å²) in [5.41, 5.74) is 0.123. The Morgan fingerprint density at radius 3 is 2.77 bits per heavy atom. The number of pyridine rings is 1. The molecule has 3 heterocycles. The van der Waals surface area contributed by atoms with Gasteiger partial charge in [-0.05, 0) is 22.6 Å². The monoisotopic (exact) mass is 324 g/mol. The maximum Gasteiger partial charge on any atom is 0.316 e. The SMILES string of the molecule is OC(Cn1cnnn1)C(F)(F)c1ccc(-c2nccs2)cn1. The molecule has 3 aromatic rings. The van der Waals surface area contributed by atoms with Crippen LogP contribution in [0.4, 0.5) is 8.78 Å². The number of tetrazole rings is 1. The first-order valence-corrected chi connectivity index (χ1v) is 7.08. The summed E-state index contributed by atoms with van der Waals surface area (Å²) in [5.74, 6) is -3.52. The van der Waals surface area contributed by atoms with Gasteiger partial charge in [0.25, 0.3) is 0 Å². The lowest BCUT2D eigenvalue weighted by Gasteiger charge is -2.21. The van der Waals surface area contributed by atoms with E-state index < -0.39 is 24.3 Å². The van der Waals surface area contributed by atoms with Gasteiger partial charge in [-0.15, -0.1) is 16.4 Å². The van der Waals surface area contributed by atoms with Gasteiger partial charge in [-0.2, -0.15) is 8.78 Å². The fourth-order valence-corrected chi connectivity index (χ4v) is 2.44. The standard InChI is InChI=1S/C12H10F2N6OS/c13-12(14,10(21)6-20-7-17-18-19-20)9-2-1-8(5-16-9)11-15-3-4-22-11/h1-5,7,10,21H,6H2. The molecule has 0 saturated carbocycles. The van der Waals surface area contributed by atoms with Crippen molar-refractivity contribution < 1.29 is 13.9 Å². The first-order chi connectivity index (χ1) is 10.6. The van der Waals surface area contributed by atoms with Crippen LogP contribution >= 0.6 is 11.3 Å². The van der Waals surface area contributed by atoms with Crippen molar-refractivity contribution >= 4 is 11.3 Å². The zero-order chi connectivity index (χ0) is 15.6. The van der Waals surface area contributed by atoms with Crippen LogP contribution in [0.3, 0.4) is 0 Å². The molecular weight excluding hydrogens is 314 g/mol. The summed E-state index contributed by atoms with van der Waals surface area (Å²) >= 11 is 1.38. The van der Waals surface area contributed by atoms with Gasteiger partial charge in [-0.25, -0.2) is 9.67 Å². The Balaban J connectivity index is 1.79. The number of aliphatic hydroxyl groups excluding tert-OH is 1. The van der Waals surface area contributed by atoms with Crippen molar-refractivity contribution in [2.75, 3.05) is 0 Å². The van der Waals surface area contributed by atoms with E-state index in [1.165, 1.54) is 29.7 Å². The zero-order valence-electron chi connectivity index (χ0n) is 11.0. The van der Waals surface area contributed by atoms with Gasteiger partial charge in [-0.3, -0.25) is 4.98 Å². The molecule has 0 amide bonds. The van der Waals surface area contributed by atoms with E-state index in [4.69, 9.17) is 0 Å². The number of hydrogen-bond donors (Lipinski definition) is 1. The van der Waals surface area contributed by atoms with Gasteiger partial charge in [0, 0.05) is 23.3 Å². The molecule has 0 aliphatic rings. The highest BCUT2D eigenvalue weighted by molar-refractivity contribution is 7.13. The summed E-state index contributed by atoms with van der Waals surface area (Å²) in [7, 11) is 0. The van der Waals surface area contributed by atoms with Crippen molar-refractivity contribution in [3.05, 3.63) is 41.9 Å². The summed E-state index contributed by atoms with van der Waals surface area (Å²) < 4.78 is 29.4. The third-order valence-electron chi connectivity index (χ3n) is 2.95. The maximum absolute atomic E-state index is 14.2. The van der Waals surface area contributed by atoms with Crippen molar-refractivity contribution in [1.29, 1.82) is 0 Å². The topological polar surface area (TPSA) is 89.6 Å².